The first-order chi connectivity index (χ1) is 14.0. The van der Waals surface area contributed by atoms with Crippen LogP contribution in [0.25, 0.3) is 0 Å². The number of aryl methyl sites for hydroxylation is 2. The monoisotopic (exact) mass is 431 g/mol. The van der Waals surface area contributed by atoms with Crippen LogP contribution in [0.3, 0.4) is 0 Å². The summed E-state index contributed by atoms with van der Waals surface area (Å²) >= 11 is 0. The number of carbonyl (C=O) groups excluding carboxylic acids is 1. The normalized spacial score (nSPS) is 19.9. The molecule has 0 radical (unpaired) electrons. The van der Waals surface area contributed by atoms with Gasteiger partial charge in [-0.1, -0.05) is 13.0 Å². The third-order valence-electron chi connectivity index (χ3n) is 6.19. The number of nitrogens with two attached hydrogens (primary N) is 1. The first-order valence-corrected chi connectivity index (χ1v) is 11.9. The van der Waals surface area contributed by atoms with Crippen LogP contribution in [0.4, 0.5) is 10.5 Å². The van der Waals surface area contributed by atoms with Crippen LogP contribution >= 0.6 is 0 Å². The Hall–Kier alpha value is -2.16. The summed E-state index contributed by atoms with van der Waals surface area (Å²) in [5.41, 5.74) is 4.98. The number of hydrogen-bond donors (Lipinski definition) is 3. The van der Waals surface area contributed by atoms with E-state index < -0.39 is 21.5 Å². The third kappa shape index (κ3) is 3.68. The number of rotatable bonds is 3. The zero-order valence-corrected chi connectivity index (χ0v) is 18.7. The predicted molar refractivity (Wildman–Crippen MR) is 116 cm³/mol. The smallest absolute Gasteiger partial charge is 0.354 e. The molecule has 0 unspecified atom stereocenters. The van der Waals surface area contributed by atoms with Crippen molar-refractivity contribution < 1.29 is 18.5 Å². The van der Waals surface area contributed by atoms with Crippen molar-refractivity contribution in [3.8, 4) is 0 Å². The molecule has 2 amide bonds. The molecule has 0 saturated carbocycles. The van der Waals surface area contributed by atoms with Crippen LogP contribution < -0.4 is 10.5 Å². The molecule has 1 aromatic heterocycles. The molecular formula is C22H29N3O4S. The van der Waals surface area contributed by atoms with Crippen molar-refractivity contribution in [2.24, 2.45) is 9.50 Å². The number of fused-ring (bicyclic) bond motifs is 2. The van der Waals surface area contributed by atoms with Gasteiger partial charge < -0.3 is 14.8 Å². The fourth-order valence-corrected chi connectivity index (χ4v) is 5.61. The molecule has 2 atom stereocenters. The Morgan fingerprint density at radius 1 is 1.30 bits per heavy atom. The molecule has 8 heteroatoms. The second-order valence-electron chi connectivity index (χ2n) is 8.93. The van der Waals surface area contributed by atoms with Crippen molar-refractivity contribution in [3.63, 3.8) is 0 Å². The maximum atomic E-state index is 13.0. The molecule has 2 aromatic rings. The zero-order chi connectivity index (χ0) is 21.8. The highest BCUT2D eigenvalue weighted by Gasteiger charge is 2.29. The summed E-state index contributed by atoms with van der Waals surface area (Å²) in [6, 6.07) is 2.95. The number of urea groups is 1. The summed E-state index contributed by atoms with van der Waals surface area (Å²) in [4.78, 5) is 12.7. The minimum atomic E-state index is -3.60. The van der Waals surface area contributed by atoms with E-state index in [1.807, 2.05) is 0 Å². The van der Waals surface area contributed by atoms with Crippen LogP contribution in [0.15, 0.2) is 26.0 Å². The van der Waals surface area contributed by atoms with E-state index in [4.69, 9.17) is 9.56 Å². The standard InChI is InChI=1S/C22H29N3O4S/c1-12-8-9-16-17(12)10-14-6-5-7-15(14)20(16)24-21(26)25-30(23,28)19-11-18(13(2)29-19)22(3,4)27/h10-12,27H,5-9H2,1-4H3,(H3,23,24,25,26,28)/t12-,30-/m1/s1. The second kappa shape index (κ2) is 7.21. The quantitative estimate of drug-likeness (QED) is 0.672. The minimum Gasteiger partial charge on any atom is -0.450 e. The number of aliphatic hydroxyl groups is 1. The van der Waals surface area contributed by atoms with E-state index in [1.54, 1.807) is 20.8 Å². The number of benzene rings is 1. The van der Waals surface area contributed by atoms with Crippen LogP contribution in [-0.4, -0.2) is 15.3 Å². The van der Waals surface area contributed by atoms with Gasteiger partial charge in [0.05, 0.1) is 5.60 Å². The SMILES string of the molecule is Cc1oc([S@](N)(=O)=NC(=O)Nc2c3c(cc4c2CC[C@H]4C)CCC3)cc1C(C)(C)O. The molecule has 0 fully saturated rings. The number of furan rings is 1. The van der Waals surface area contributed by atoms with Crippen molar-refractivity contribution in [1.82, 2.24) is 0 Å². The average molecular weight is 432 g/mol. The first-order valence-electron chi connectivity index (χ1n) is 10.3. The van der Waals surface area contributed by atoms with Gasteiger partial charge in [0.1, 0.15) is 5.76 Å². The van der Waals surface area contributed by atoms with Gasteiger partial charge in [0.25, 0.3) is 0 Å². The van der Waals surface area contributed by atoms with Gasteiger partial charge in [-0.05, 0) is 81.0 Å². The number of carbonyl (C=O) groups is 1. The largest absolute Gasteiger partial charge is 0.450 e. The van der Waals surface area contributed by atoms with Gasteiger partial charge in [-0.3, -0.25) is 0 Å². The molecule has 1 heterocycles. The van der Waals surface area contributed by atoms with Crippen LogP contribution in [-0.2, 0) is 34.8 Å². The molecule has 1 aromatic carbocycles. The van der Waals surface area contributed by atoms with Crippen LogP contribution in [0.5, 0.6) is 0 Å². The van der Waals surface area contributed by atoms with Gasteiger partial charge in [0, 0.05) is 17.3 Å². The predicted octanol–water partition coefficient (Wildman–Crippen LogP) is 4.29. The van der Waals surface area contributed by atoms with Crippen LogP contribution in [0.1, 0.15) is 73.1 Å². The summed E-state index contributed by atoms with van der Waals surface area (Å²) in [6.07, 6.45) is 4.94. The Morgan fingerprint density at radius 3 is 2.70 bits per heavy atom. The molecule has 0 saturated heterocycles. The third-order valence-corrected chi connectivity index (χ3v) is 7.41. The zero-order valence-electron chi connectivity index (χ0n) is 17.9. The van der Waals surface area contributed by atoms with Gasteiger partial charge in [0.2, 0.25) is 5.09 Å². The molecule has 0 aliphatic heterocycles. The highest BCUT2D eigenvalue weighted by Crippen LogP contribution is 2.43. The van der Waals surface area contributed by atoms with E-state index in [-0.39, 0.29) is 5.09 Å². The Kier molecular flexibility index (Phi) is 5.07. The van der Waals surface area contributed by atoms with E-state index in [0.29, 0.717) is 17.2 Å². The number of anilines is 1. The average Bonchev–Trinajstić information content (AvgIpc) is 3.33. The topological polar surface area (TPSA) is 118 Å². The Bertz CT molecular complexity index is 1150. The van der Waals surface area contributed by atoms with Crippen molar-refractivity contribution in [1.29, 1.82) is 0 Å². The Morgan fingerprint density at radius 2 is 2.03 bits per heavy atom. The van der Waals surface area contributed by atoms with Crippen molar-refractivity contribution in [3.05, 3.63) is 45.7 Å². The Labute approximate surface area is 177 Å². The fourth-order valence-electron chi connectivity index (χ4n) is 4.69. The van der Waals surface area contributed by atoms with Gasteiger partial charge in [0.15, 0.2) is 9.92 Å². The van der Waals surface area contributed by atoms with Crippen LogP contribution in [0.2, 0.25) is 0 Å². The maximum absolute atomic E-state index is 13.0. The lowest BCUT2D eigenvalue weighted by Gasteiger charge is -2.16. The number of hydrogen-bond acceptors (Lipinski definition) is 4. The summed E-state index contributed by atoms with van der Waals surface area (Å²) in [5.74, 6) is 0.850. The number of amides is 2. The summed E-state index contributed by atoms with van der Waals surface area (Å²) in [5, 5.41) is 18.9. The van der Waals surface area contributed by atoms with Gasteiger partial charge >= 0.3 is 6.03 Å². The van der Waals surface area contributed by atoms with Crippen LogP contribution in [0, 0.1) is 6.92 Å². The van der Waals surface area contributed by atoms with E-state index in [2.05, 4.69) is 22.7 Å². The Balaban J connectivity index is 1.68. The first kappa shape index (κ1) is 21.1. The van der Waals surface area contributed by atoms with E-state index >= 15 is 0 Å². The molecule has 7 nitrogen and oxygen atoms in total. The highest BCUT2D eigenvalue weighted by atomic mass is 32.2. The van der Waals surface area contributed by atoms with Gasteiger partial charge in [-0.15, -0.1) is 4.36 Å². The highest BCUT2D eigenvalue weighted by molar-refractivity contribution is 7.91. The molecule has 2 aliphatic carbocycles. The van der Waals surface area contributed by atoms with Crippen molar-refractivity contribution >= 4 is 21.6 Å². The van der Waals surface area contributed by atoms with E-state index in [1.165, 1.54) is 17.2 Å². The summed E-state index contributed by atoms with van der Waals surface area (Å²) in [6.45, 7) is 7.03. The van der Waals surface area contributed by atoms with Crippen molar-refractivity contribution in [2.75, 3.05) is 5.32 Å². The lowest BCUT2D eigenvalue weighted by atomic mass is 9.96. The molecule has 2 aliphatic rings. The van der Waals surface area contributed by atoms with Gasteiger partial charge in [-0.2, -0.15) is 0 Å². The fraction of sp³-hybridized carbons (Fsp3) is 0.500. The maximum Gasteiger partial charge on any atom is 0.354 e. The molecule has 4 rings (SSSR count). The number of nitrogens with one attached hydrogen (secondary N) is 1. The molecule has 0 spiro atoms. The minimum absolute atomic E-state index is 0.121. The van der Waals surface area contributed by atoms with Gasteiger partial charge in [-0.25, -0.2) is 14.1 Å². The molecule has 30 heavy (non-hydrogen) atoms. The van der Waals surface area contributed by atoms with Crippen molar-refractivity contribution in [2.45, 2.75) is 76.4 Å². The molecular weight excluding hydrogens is 402 g/mol. The summed E-state index contributed by atoms with van der Waals surface area (Å²) < 4.78 is 22.2. The lowest BCUT2D eigenvalue weighted by Crippen LogP contribution is -2.19. The number of nitrogens with zero attached hydrogens (tertiary/aromatic N) is 1. The molecule has 4 N–H and O–H groups in total. The second-order valence-corrected chi connectivity index (χ2v) is 10.7. The molecule has 162 valence electrons. The lowest BCUT2D eigenvalue weighted by molar-refractivity contribution is 0.0769. The summed E-state index contributed by atoms with van der Waals surface area (Å²) in [7, 11) is -3.60. The van der Waals surface area contributed by atoms with E-state index in [0.717, 1.165) is 48.9 Å². The van der Waals surface area contributed by atoms with E-state index in [9.17, 15) is 14.1 Å². The molecule has 0 bridgehead atoms.